The first-order valence-electron chi connectivity index (χ1n) is 2.56. The Balaban J connectivity index is 0. The van der Waals surface area contributed by atoms with Gasteiger partial charge in [0, 0.05) is 0 Å². The predicted molar refractivity (Wildman–Crippen MR) is 34.7 cm³/mol. The van der Waals surface area contributed by atoms with Gasteiger partial charge in [-0.25, -0.2) is 0 Å². The quantitative estimate of drug-likeness (QED) is 0.533. The molecule has 0 saturated heterocycles. The third kappa shape index (κ3) is 10.7. The van der Waals surface area contributed by atoms with E-state index in [2.05, 4.69) is 26.0 Å². The summed E-state index contributed by atoms with van der Waals surface area (Å²) in [6.45, 7) is 4.29. The molecule has 0 aromatic carbocycles. The van der Waals surface area contributed by atoms with E-state index in [4.69, 9.17) is 0 Å². The molecule has 0 rings (SSSR count). The van der Waals surface area contributed by atoms with Crippen LogP contribution in [0.25, 0.3) is 0 Å². The highest BCUT2D eigenvalue weighted by Crippen LogP contribution is 1.81. The molecule has 1 heteroatoms. The highest BCUT2D eigenvalue weighted by atomic mass is 14.0. The van der Waals surface area contributed by atoms with Crippen molar-refractivity contribution in [2.75, 3.05) is 0 Å². The van der Waals surface area contributed by atoms with E-state index in [-0.39, 0.29) is 6.15 Å². The average molecular weight is 101 g/mol. The molecular weight excluding hydrogens is 86.1 g/mol. The molecule has 0 spiro atoms. The van der Waals surface area contributed by atoms with Crippen molar-refractivity contribution in [2.45, 2.75) is 26.7 Å². The molecular formula is C6H15N. The number of hydrogen-bond donors (Lipinski definition) is 1. The van der Waals surface area contributed by atoms with Crippen LogP contribution in [-0.2, 0) is 0 Å². The minimum atomic E-state index is 0. The second-order valence-corrected chi connectivity index (χ2v) is 1.29. The normalized spacial score (nSPS) is 8.86. The first-order chi connectivity index (χ1) is 2.91. The minimum absolute atomic E-state index is 0. The lowest BCUT2D eigenvalue weighted by Crippen LogP contribution is -1.51. The van der Waals surface area contributed by atoms with Gasteiger partial charge in [-0.2, -0.15) is 0 Å². The predicted octanol–water partition coefficient (Wildman–Crippen LogP) is 2.52. The maximum Gasteiger partial charge on any atom is -0.0379 e. The van der Waals surface area contributed by atoms with Crippen LogP contribution >= 0.6 is 0 Å². The molecule has 0 fully saturated rings. The van der Waals surface area contributed by atoms with Crippen LogP contribution in [0.1, 0.15) is 26.7 Å². The maximum absolute atomic E-state index is 2.18. The van der Waals surface area contributed by atoms with Gasteiger partial charge in [0.1, 0.15) is 0 Å². The van der Waals surface area contributed by atoms with E-state index in [1.807, 2.05) is 0 Å². The Kier molecular flexibility index (Phi) is 12.9. The van der Waals surface area contributed by atoms with Gasteiger partial charge in [-0.05, 0) is 12.8 Å². The molecule has 7 heavy (non-hydrogen) atoms. The summed E-state index contributed by atoms with van der Waals surface area (Å²) in [6, 6.07) is 0. The number of allylic oxidation sites excluding steroid dienone is 2. The molecule has 44 valence electrons. The van der Waals surface area contributed by atoms with E-state index < -0.39 is 0 Å². The first-order valence-corrected chi connectivity index (χ1v) is 2.56. The van der Waals surface area contributed by atoms with E-state index in [1.165, 1.54) is 12.8 Å². The lowest BCUT2D eigenvalue weighted by molar-refractivity contribution is 1.16. The molecule has 0 aliphatic rings. The Bertz CT molecular complexity index is 33.4. The van der Waals surface area contributed by atoms with Gasteiger partial charge in [-0.3, -0.25) is 0 Å². The molecule has 0 radical (unpaired) electrons. The van der Waals surface area contributed by atoms with Crippen LogP contribution in [0.5, 0.6) is 0 Å². The zero-order valence-electron chi connectivity index (χ0n) is 5.28. The summed E-state index contributed by atoms with van der Waals surface area (Å²) in [5, 5.41) is 0. The highest BCUT2D eigenvalue weighted by molar-refractivity contribution is 4.77. The van der Waals surface area contributed by atoms with Gasteiger partial charge in [-0.1, -0.05) is 26.0 Å². The zero-order chi connectivity index (χ0) is 4.83. The van der Waals surface area contributed by atoms with Crippen molar-refractivity contribution in [3.63, 3.8) is 0 Å². The fraction of sp³-hybridized carbons (Fsp3) is 0.667. The summed E-state index contributed by atoms with van der Waals surface area (Å²) in [4.78, 5) is 0. The molecule has 0 unspecified atom stereocenters. The van der Waals surface area contributed by atoms with Crippen molar-refractivity contribution in [1.82, 2.24) is 6.15 Å². The Morgan fingerprint density at radius 3 is 1.43 bits per heavy atom. The number of rotatable bonds is 2. The third-order valence-corrected chi connectivity index (χ3v) is 0.638. The largest absolute Gasteiger partial charge is 0.344 e. The highest BCUT2D eigenvalue weighted by Gasteiger charge is 1.60. The van der Waals surface area contributed by atoms with Crippen molar-refractivity contribution in [3.05, 3.63) is 12.2 Å². The molecule has 0 atom stereocenters. The van der Waals surface area contributed by atoms with Crippen molar-refractivity contribution >= 4 is 0 Å². The van der Waals surface area contributed by atoms with Gasteiger partial charge in [-0.15, -0.1) is 0 Å². The van der Waals surface area contributed by atoms with E-state index >= 15 is 0 Å². The molecule has 0 bridgehead atoms. The van der Waals surface area contributed by atoms with Gasteiger partial charge >= 0.3 is 0 Å². The van der Waals surface area contributed by atoms with Crippen LogP contribution in [0, 0.1) is 0 Å². The van der Waals surface area contributed by atoms with Gasteiger partial charge in [0.2, 0.25) is 0 Å². The van der Waals surface area contributed by atoms with Crippen LogP contribution in [0.4, 0.5) is 0 Å². The van der Waals surface area contributed by atoms with E-state index in [0.717, 1.165) is 0 Å². The van der Waals surface area contributed by atoms with Gasteiger partial charge in [0.15, 0.2) is 0 Å². The average Bonchev–Trinajstić information content (AvgIpc) is 1.61. The molecule has 3 N–H and O–H groups in total. The zero-order valence-corrected chi connectivity index (χ0v) is 5.28. The Hall–Kier alpha value is -0.300. The lowest BCUT2D eigenvalue weighted by atomic mass is 10.4. The van der Waals surface area contributed by atoms with Crippen LogP contribution in [0.2, 0.25) is 0 Å². The third-order valence-electron chi connectivity index (χ3n) is 0.638. The summed E-state index contributed by atoms with van der Waals surface area (Å²) in [5.41, 5.74) is 0. The lowest BCUT2D eigenvalue weighted by Gasteiger charge is -1.72. The number of hydrogen-bond acceptors (Lipinski definition) is 1. The van der Waals surface area contributed by atoms with Gasteiger partial charge < -0.3 is 6.15 Å². The maximum atomic E-state index is 2.18. The van der Waals surface area contributed by atoms with Crippen molar-refractivity contribution in [1.29, 1.82) is 0 Å². The first kappa shape index (κ1) is 9.85. The standard InChI is InChI=1S/C6H12.H3N/c1-3-5-6-4-2;/h5-6H,3-4H2,1-2H3;1H3/b6-5+;. The van der Waals surface area contributed by atoms with E-state index in [0.29, 0.717) is 0 Å². The van der Waals surface area contributed by atoms with Crippen LogP contribution < -0.4 is 6.15 Å². The fourth-order valence-electron chi connectivity index (χ4n) is 0.333. The summed E-state index contributed by atoms with van der Waals surface area (Å²) in [6.07, 6.45) is 6.71. The monoisotopic (exact) mass is 101 g/mol. The molecule has 0 amide bonds. The summed E-state index contributed by atoms with van der Waals surface area (Å²) < 4.78 is 0. The fourth-order valence-corrected chi connectivity index (χ4v) is 0.333. The molecule has 0 heterocycles. The molecule has 0 aromatic heterocycles. The topological polar surface area (TPSA) is 35.0 Å². The Labute approximate surface area is 46.0 Å². The second kappa shape index (κ2) is 9.20. The van der Waals surface area contributed by atoms with Crippen molar-refractivity contribution < 1.29 is 0 Å². The van der Waals surface area contributed by atoms with E-state index in [9.17, 15) is 0 Å². The SMILES string of the molecule is CC/C=C/CC.N. The van der Waals surface area contributed by atoms with Gasteiger partial charge in [0.05, 0.1) is 0 Å². The minimum Gasteiger partial charge on any atom is -0.344 e. The summed E-state index contributed by atoms with van der Waals surface area (Å²) in [5.74, 6) is 0. The second-order valence-electron chi connectivity index (χ2n) is 1.29. The van der Waals surface area contributed by atoms with Crippen molar-refractivity contribution in [2.24, 2.45) is 0 Å². The molecule has 0 aliphatic carbocycles. The molecule has 0 aliphatic heterocycles. The Morgan fingerprint density at radius 1 is 1.00 bits per heavy atom. The Morgan fingerprint density at radius 2 is 1.29 bits per heavy atom. The molecule has 0 saturated carbocycles. The van der Waals surface area contributed by atoms with Crippen LogP contribution in [0.15, 0.2) is 12.2 Å². The molecule has 1 nitrogen and oxygen atoms in total. The van der Waals surface area contributed by atoms with E-state index in [1.54, 1.807) is 0 Å². The van der Waals surface area contributed by atoms with Gasteiger partial charge in [0.25, 0.3) is 0 Å². The molecule has 0 aromatic rings. The van der Waals surface area contributed by atoms with Crippen LogP contribution in [-0.4, -0.2) is 0 Å². The summed E-state index contributed by atoms with van der Waals surface area (Å²) in [7, 11) is 0. The smallest absolute Gasteiger partial charge is 0.0379 e. The summed E-state index contributed by atoms with van der Waals surface area (Å²) >= 11 is 0. The van der Waals surface area contributed by atoms with Crippen LogP contribution in [0.3, 0.4) is 0 Å². The van der Waals surface area contributed by atoms with Crippen molar-refractivity contribution in [3.8, 4) is 0 Å².